The Bertz CT molecular complexity index is 774. The van der Waals surface area contributed by atoms with E-state index in [9.17, 15) is 8.78 Å². The van der Waals surface area contributed by atoms with Gasteiger partial charge in [-0.15, -0.1) is 0 Å². The first-order chi connectivity index (χ1) is 12.5. The van der Waals surface area contributed by atoms with Gasteiger partial charge in [-0.1, -0.05) is 36.9 Å². The maximum atomic E-state index is 13.7. The summed E-state index contributed by atoms with van der Waals surface area (Å²) < 4.78 is 33.2. The lowest BCUT2D eigenvalue weighted by Crippen LogP contribution is -2.21. The molecule has 2 nitrogen and oxygen atoms in total. The number of anilines is 2. The first-order valence-electron chi connectivity index (χ1n) is 8.87. The Kier molecular flexibility index (Phi) is 6.15. The van der Waals surface area contributed by atoms with Crippen molar-refractivity contribution in [1.82, 2.24) is 0 Å². The van der Waals surface area contributed by atoms with E-state index in [2.05, 4.69) is 6.58 Å². The minimum atomic E-state index is -0.511. The topological polar surface area (TPSA) is 12.5 Å². The van der Waals surface area contributed by atoms with Crippen molar-refractivity contribution in [2.75, 3.05) is 11.5 Å². The van der Waals surface area contributed by atoms with Crippen LogP contribution in [0.3, 0.4) is 0 Å². The molecule has 0 atom stereocenters. The second-order valence-electron chi connectivity index (χ2n) is 6.62. The molecule has 1 aliphatic rings. The predicted molar refractivity (Wildman–Crippen MR) is 102 cm³/mol. The number of benzene rings is 2. The van der Waals surface area contributed by atoms with Gasteiger partial charge in [0.15, 0.2) is 5.88 Å². The summed E-state index contributed by atoms with van der Waals surface area (Å²) in [5.74, 6) is -0.0142. The number of hydrogen-bond acceptors (Lipinski definition) is 2. The zero-order chi connectivity index (χ0) is 18.5. The molecular weight excluding hydrogens is 356 g/mol. The van der Waals surface area contributed by atoms with Crippen molar-refractivity contribution < 1.29 is 13.5 Å². The van der Waals surface area contributed by atoms with Gasteiger partial charge in [0.1, 0.15) is 11.6 Å². The summed E-state index contributed by atoms with van der Waals surface area (Å²) in [4.78, 5) is 1.65. The summed E-state index contributed by atoms with van der Waals surface area (Å²) >= 11 is 5.93. The highest BCUT2D eigenvalue weighted by Gasteiger charge is 2.19. The Morgan fingerprint density at radius 2 is 1.81 bits per heavy atom. The van der Waals surface area contributed by atoms with Crippen LogP contribution < -0.4 is 4.90 Å². The Hall–Kier alpha value is -2.07. The smallest absolute Gasteiger partial charge is 0.191 e. The van der Waals surface area contributed by atoms with Gasteiger partial charge in [-0.2, -0.15) is 0 Å². The summed E-state index contributed by atoms with van der Waals surface area (Å²) in [5.41, 5.74) is 1.11. The first kappa shape index (κ1) is 18.7. The molecular formula is C21H22ClF2NO. The fourth-order valence-corrected chi connectivity index (χ4v) is 3.48. The van der Waals surface area contributed by atoms with Crippen molar-refractivity contribution in [2.24, 2.45) is 5.92 Å². The van der Waals surface area contributed by atoms with E-state index in [1.807, 2.05) is 0 Å². The average molecular weight is 378 g/mol. The lowest BCUT2D eigenvalue weighted by molar-refractivity contribution is 0.141. The van der Waals surface area contributed by atoms with Gasteiger partial charge in [0.05, 0.1) is 23.0 Å². The van der Waals surface area contributed by atoms with Crippen LogP contribution in [0, 0.1) is 17.6 Å². The van der Waals surface area contributed by atoms with Crippen LogP contribution in [0.5, 0.6) is 0 Å². The number of halogens is 3. The minimum absolute atomic E-state index is 0.0102. The minimum Gasteiger partial charge on any atom is -0.479 e. The van der Waals surface area contributed by atoms with Crippen molar-refractivity contribution in [1.29, 1.82) is 0 Å². The molecule has 2 aromatic rings. The van der Waals surface area contributed by atoms with E-state index in [0.29, 0.717) is 29.8 Å². The van der Waals surface area contributed by atoms with Gasteiger partial charge in [-0.25, -0.2) is 8.78 Å². The maximum absolute atomic E-state index is 13.7. The van der Waals surface area contributed by atoms with Crippen LogP contribution in [0.25, 0.3) is 0 Å². The largest absolute Gasteiger partial charge is 0.479 e. The SMILES string of the molecule is C=C(OCC1CCCCC1)N(c1cccc(F)c1)c1ccc(F)c(Cl)c1. The first-order valence-corrected chi connectivity index (χ1v) is 9.25. The number of hydrogen-bond donors (Lipinski definition) is 0. The van der Waals surface area contributed by atoms with Crippen LogP contribution >= 0.6 is 11.6 Å². The fourth-order valence-electron chi connectivity index (χ4n) is 3.31. The number of ether oxygens (including phenoxy) is 1. The van der Waals surface area contributed by atoms with Crippen molar-refractivity contribution in [3.05, 3.63) is 71.6 Å². The van der Waals surface area contributed by atoms with Gasteiger partial charge in [-0.3, -0.25) is 4.90 Å². The molecule has 0 amide bonds. The zero-order valence-corrected chi connectivity index (χ0v) is 15.3. The summed E-state index contributed by atoms with van der Waals surface area (Å²) in [6.07, 6.45) is 6.02. The Labute approximate surface area is 158 Å². The number of rotatable bonds is 6. The van der Waals surface area contributed by atoms with Crippen LogP contribution in [0.15, 0.2) is 54.9 Å². The lowest BCUT2D eigenvalue weighted by atomic mass is 9.90. The van der Waals surface area contributed by atoms with E-state index in [-0.39, 0.29) is 10.8 Å². The predicted octanol–water partition coefficient (Wildman–Crippen LogP) is 6.82. The molecule has 1 saturated carbocycles. The Morgan fingerprint density at radius 3 is 2.50 bits per heavy atom. The van der Waals surface area contributed by atoms with Gasteiger partial charge in [0, 0.05) is 0 Å². The standard InChI is InChI=1S/C21H22ClF2NO/c1-15(26-14-16-6-3-2-4-7-16)25(18-9-5-8-17(23)12-18)19-10-11-21(24)20(22)13-19/h5,8-13,16H,1-4,6-7,14H2. The molecule has 0 heterocycles. The average Bonchev–Trinajstić information content (AvgIpc) is 2.64. The molecule has 0 radical (unpaired) electrons. The molecule has 3 rings (SSSR count). The molecule has 138 valence electrons. The molecule has 2 aromatic carbocycles. The molecule has 0 spiro atoms. The van der Waals surface area contributed by atoms with Crippen molar-refractivity contribution >= 4 is 23.0 Å². The third-order valence-electron chi connectivity index (χ3n) is 4.69. The fraction of sp³-hybridized carbons (Fsp3) is 0.333. The van der Waals surface area contributed by atoms with Crippen molar-refractivity contribution in [3.8, 4) is 0 Å². The monoisotopic (exact) mass is 377 g/mol. The van der Waals surface area contributed by atoms with E-state index in [1.54, 1.807) is 23.1 Å². The molecule has 0 bridgehead atoms. The normalized spacial score (nSPS) is 14.9. The van der Waals surface area contributed by atoms with Gasteiger partial charge >= 0.3 is 0 Å². The van der Waals surface area contributed by atoms with Crippen LogP contribution in [0.4, 0.5) is 20.2 Å². The van der Waals surface area contributed by atoms with Crippen molar-refractivity contribution in [3.63, 3.8) is 0 Å². The van der Waals surface area contributed by atoms with E-state index >= 15 is 0 Å². The summed E-state index contributed by atoms with van der Waals surface area (Å²) in [6, 6.07) is 10.4. The molecule has 0 aliphatic heterocycles. The second kappa shape index (κ2) is 8.54. The summed E-state index contributed by atoms with van der Waals surface area (Å²) in [6.45, 7) is 4.59. The third kappa shape index (κ3) is 4.55. The molecule has 26 heavy (non-hydrogen) atoms. The Balaban J connectivity index is 1.84. The van der Waals surface area contributed by atoms with E-state index in [0.717, 1.165) is 12.8 Å². The van der Waals surface area contributed by atoms with Crippen molar-refractivity contribution in [2.45, 2.75) is 32.1 Å². The molecule has 0 unspecified atom stereocenters. The highest BCUT2D eigenvalue weighted by Crippen LogP contribution is 2.33. The number of nitrogens with zero attached hydrogens (tertiary/aromatic N) is 1. The summed E-state index contributed by atoms with van der Waals surface area (Å²) in [5, 5.41) is -0.0102. The van der Waals surface area contributed by atoms with Crippen LogP contribution in [-0.4, -0.2) is 6.61 Å². The Morgan fingerprint density at radius 1 is 1.08 bits per heavy atom. The van der Waals surface area contributed by atoms with Gasteiger partial charge < -0.3 is 4.74 Å². The second-order valence-corrected chi connectivity index (χ2v) is 7.03. The van der Waals surface area contributed by atoms with Crippen LogP contribution in [0.2, 0.25) is 5.02 Å². The van der Waals surface area contributed by atoms with Crippen LogP contribution in [-0.2, 0) is 4.74 Å². The van der Waals surface area contributed by atoms with E-state index < -0.39 is 5.82 Å². The molecule has 1 aliphatic carbocycles. The molecule has 1 fully saturated rings. The highest BCUT2D eigenvalue weighted by atomic mass is 35.5. The highest BCUT2D eigenvalue weighted by molar-refractivity contribution is 6.31. The lowest BCUT2D eigenvalue weighted by Gasteiger charge is -2.29. The maximum Gasteiger partial charge on any atom is 0.191 e. The van der Waals surface area contributed by atoms with E-state index in [1.165, 1.54) is 43.5 Å². The molecule has 5 heteroatoms. The molecule has 0 aromatic heterocycles. The molecule has 0 saturated heterocycles. The zero-order valence-electron chi connectivity index (χ0n) is 14.6. The van der Waals surface area contributed by atoms with E-state index in [4.69, 9.17) is 16.3 Å². The van der Waals surface area contributed by atoms with Gasteiger partial charge in [0.25, 0.3) is 0 Å². The third-order valence-corrected chi connectivity index (χ3v) is 4.98. The molecule has 0 N–H and O–H groups in total. The van der Waals surface area contributed by atoms with Gasteiger partial charge in [0.2, 0.25) is 0 Å². The quantitative estimate of drug-likeness (QED) is 0.512. The summed E-state index contributed by atoms with van der Waals surface area (Å²) in [7, 11) is 0. The van der Waals surface area contributed by atoms with Gasteiger partial charge in [-0.05, 0) is 61.7 Å². The van der Waals surface area contributed by atoms with Crippen LogP contribution in [0.1, 0.15) is 32.1 Å².